The molecule has 0 saturated carbocycles. The third-order valence-corrected chi connectivity index (χ3v) is 8.29. The first-order valence-corrected chi connectivity index (χ1v) is 10.2. The van der Waals surface area contributed by atoms with E-state index in [0.29, 0.717) is 0 Å². The van der Waals surface area contributed by atoms with Crippen LogP contribution in [0.15, 0.2) is 48.5 Å². The molecule has 0 spiro atoms. The molecular formula is C14H17OPS2. The first kappa shape index (κ1) is 14.0. The molecule has 2 aromatic rings. The molecule has 0 heterocycles. The molecule has 4 heteroatoms. The van der Waals surface area contributed by atoms with Crippen molar-refractivity contribution in [1.82, 2.24) is 0 Å². The molecule has 0 bridgehead atoms. The Labute approximate surface area is 119 Å². The van der Waals surface area contributed by atoms with Crippen LogP contribution >= 0.6 is 29.7 Å². The van der Waals surface area contributed by atoms with Crippen molar-refractivity contribution in [3.63, 3.8) is 0 Å². The van der Waals surface area contributed by atoms with Crippen LogP contribution in [0.1, 0.15) is 11.1 Å². The van der Waals surface area contributed by atoms with Crippen LogP contribution in [0.4, 0.5) is 0 Å². The van der Waals surface area contributed by atoms with Gasteiger partial charge < -0.3 is 0 Å². The second-order valence-corrected chi connectivity index (χ2v) is 13.3. The van der Waals surface area contributed by atoms with Gasteiger partial charge >= 0.3 is 119 Å². The molecule has 1 nitrogen and oxygen atoms in total. The van der Waals surface area contributed by atoms with Gasteiger partial charge in [0.1, 0.15) is 0 Å². The van der Waals surface area contributed by atoms with Gasteiger partial charge in [0.05, 0.1) is 0 Å². The first-order chi connectivity index (χ1) is 8.28. The fourth-order valence-corrected chi connectivity index (χ4v) is 5.08. The van der Waals surface area contributed by atoms with E-state index in [1.165, 1.54) is 0 Å². The van der Waals surface area contributed by atoms with Crippen molar-refractivity contribution >= 4 is 40.3 Å². The normalized spacial score (nSPS) is 13.9. The monoisotopic (exact) mass is 296 g/mol. The summed E-state index contributed by atoms with van der Waals surface area (Å²) < 4.78 is 0. The summed E-state index contributed by atoms with van der Waals surface area (Å²) in [6.45, 7) is 4.03. The van der Waals surface area contributed by atoms with Crippen LogP contribution in [-0.2, 0) is 0 Å². The van der Waals surface area contributed by atoms with Gasteiger partial charge in [-0.2, -0.15) is 0 Å². The quantitative estimate of drug-likeness (QED) is 0.573. The predicted octanol–water partition coefficient (Wildman–Crippen LogP) is 3.40. The summed E-state index contributed by atoms with van der Waals surface area (Å²) in [6, 6.07) is 15.4. The van der Waals surface area contributed by atoms with E-state index in [1.807, 2.05) is 62.4 Å². The van der Waals surface area contributed by atoms with E-state index in [-0.39, 0.29) is 0 Å². The third-order valence-electron chi connectivity index (χ3n) is 3.02. The second-order valence-electron chi connectivity index (χ2n) is 4.65. The van der Waals surface area contributed by atoms with E-state index in [2.05, 4.69) is 24.5 Å². The number of aryl methyl sites for hydroxylation is 2. The van der Waals surface area contributed by atoms with E-state index in [0.717, 1.165) is 21.7 Å². The standard InChI is InChI=1S/C14H17OPS2/c1-11-3-7-13(8-4-11)16(15,17,18)14-9-5-12(2)6-10-14/h3-10,15,17-18H,1-2H3. The van der Waals surface area contributed by atoms with Gasteiger partial charge in [-0.15, -0.1) is 0 Å². The Bertz CT molecular complexity index is 504. The zero-order valence-corrected chi connectivity index (χ0v) is 13.1. The molecule has 0 unspecified atom stereocenters. The Hall–Kier alpha value is -0.470. The number of thiol groups is 2. The topological polar surface area (TPSA) is 20.2 Å². The van der Waals surface area contributed by atoms with Crippen molar-refractivity contribution in [2.45, 2.75) is 13.8 Å². The first-order valence-electron chi connectivity index (χ1n) is 5.69. The Morgan fingerprint density at radius 3 is 1.28 bits per heavy atom. The molecule has 2 aromatic carbocycles. The van der Waals surface area contributed by atoms with Gasteiger partial charge in [0.2, 0.25) is 0 Å². The number of hydrogen-bond acceptors (Lipinski definition) is 3. The van der Waals surface area contributed by atoms with Gasteiger partial charge in [0.25, 0.3) is 0 Å². The van der Waals surface area contributed by atoms with Gasteiger partial charge in [-0.1, -0.05) is 0 Å². The van der Waals surface area contributed by atoms with Crippen LogP contribution in [0.2, 0.25) is 0 Å². The second kappa shape index (κ2) is 4.57. The molecule has 96 valence electrons. The zero-order valence-electron chi connectivity index (χ0n) is 10.4. The van der Waals surface area contributed by atoms with Gasteiger partial charge in [0, 0.05) is 0 Å². The van der Waals surface area contributed by atoms with Gasteiger partial charge in [-0.25, -0.2) is 0 Å². The average Bonchev–Trinajstić information content (AvgIpc) is 2.29. The van der Waals surface area contributed by atoms with Crippen molar-refractivity contribution in [2.75, 3.05) is 0 Å². The molecule has 18 heavy (non-hydrogen) atoms. The van der Waals surface area contributed by atoms with Gasteiger partial charge in [0.15, 0.2) is 0 Å². The predicted molar refractivity (Wildman–Crippen MR) is 88.7 cm³/mol. The van der Waals surface area contributed by atoms with E-state index >= 15 is 0 Å². The van der Waals surface area contributed by atoms with E-state index in [1.54, 1.807) is 0 Å². The van der Waals surface area contributed by atoms with Crippen LogP contribution in [0, 0.1) is 13.8 Å². The van der Waals surface area contributed by atoms with Crippen molar-refractivity contribution in [3.8, 4) is 0 Å². The Morgan fingerprint density at radius 2 is 1.00 bits per heavy atom. The minimum absolute atomic E-state index is 0.766. The van der Waals surface area contributed by atoms with Crippen LogP contribution in [0.3, 0.4) is 0 Å². The summed E-state index contributed by atoms with van der Waals surface area (Å²) in [4.78, 5) is 11.0. The molecular weight excluding hydrogens is 279 g/mol. The molecule has 0 aromatic heterocycles. The van der Waals surface area contributed by atoms with Gasteiger partial charge in [-0.05, 0) is 0 Å². The Kier molecular flexibility index (Phi) is 3.54. The molecule has 0 aliphatic rings. The molecule has 0 fully saturated rings. The van der Waals surface area contributed by atoms with E-state index in [9.17, 15) is 4.89 Å². The van der Waals surface area contributed by atoms with Crippen molar-refractivity contribution in [1.29, 1.82) is 0 Å². The Balaban J connectivity index is 2.56. The summed E-state index contributed by atoms with van der Waals surface area (Å²) in [7, 11) is 0. The molecule has 2 rings (SSSR count). The molecule has 0 radical (unpaired) electrons. The summed E-state index contributed by atoms with van der Waals surface area (Å²) >= 11 is 9.08. The summed E-state index contributed by atoms with van der Waals surface area (Å²) in [5.74, 6) is 0. The molecule has 0 aliphatic heterocycles. The van der Waals surface area contributed by atoms with Crippen LogP contribution < -0.4 is 10.6 Å². The third kappa shape index (κ3) is 2.60. The SMILES string of the molecule is Cc1ccc(P(O)(S)(S)c2ccc(C)cc2)cc1. The van der Waals surface area contributed by atoms with Crippen molar-refractivity contribution < 1.29 is 4.89 Å². The van der Waals surface area contributed by atoms with Crippen LogP contribution in [-0.4, -0.2) is 4.89 Å². The van der Waals surface area contributed by atoms with Crippen molar-refractivity contribution in [3.05, 3.63) is 59.7 Å². The summed E-state index contributed by atoms with van der Waals surface area (Å²) in [5.41, 5.74) is 2.30. The van der Waals surface area contributed by atoms with Crippen molar-refractivity contribution in [2.24, 2.45) is 0 Å². The molecule has 0 amide bonds. The maximum absolute atomic E-state index is 11.0. The maximum atomic E-state index is 11.0. The van der Waals surface area contributed by atoms with Crippen LogP contribution in [0.25, 0.3) is 0 Å². The number of rotatable bonds is 2. The molecule has 0 atom stereocenters. The molecule has 0 saturated heterocycles. The van der Waals surface area contributed by atoms with E-state index in [4.69, 9.17) is 0 Å². The summed E-state index contributed by atoms with van der Waals surface area (Å²) in [6.07, 6.45) is 0. The number of benzene rings is 2. The molecule has 1 N–H and O–H groups in total. The van der Waals surface area contributed by atoms with E-state index < -0.39 is 5.23 Å². The Morgan fingerprint density at radius 1 is 0.722 bits per heavy atom. The minimum atomic E-state index is -3.59. The number of hydrogen-bond donors (Lipinski definition) is 3. The average molecular weight is 296 g/mol. The zero-order chi connectivity index (χ0) is 13.4. The van der Waals surface area contributed by atoms with Gasteiger partial charge in [-0.3, -0.25) is 0 Å². The summed E-state index contributed by atoms with van der Waals surface area (Å²) in [5, 5.41) is -2.06. The fraction of sp³-hybridized carbons (Fsp3) is 0.143. The van der Waals surface area contributed by atoms with Crippen LogP contribution in [0.5, 0.6) is 0 Å². The molecule has 0 aliphatic carbocycles. The fourth-order valence-electron chi connectivity index (χ4n) is 1.79.